The second-order valence-electron chi connectivity index (χ2n) is 13.7. The highest BCUT2D eigenvalue weighted by molar-refractivity contribution is 5.97. The Morgan fingerprint density at radius 2 is 1.67 bits per heavy atom. The fourth-order valence-electron chi connectivity index (χ4n) is 7.46. The van der Waals surface area contributed by atoms with E-state index < -0.39 is 18.3 Å². The second kappa shape index (κ2) is 16.6. The Morgan fingerprint density at radius 3 is 2.42 bits per heavy atom. The number of likely N-dealkylation sites (tertiary alicyclic amines) is 1. The van der Waals surface area contributed by atoms with Gasteiger partial charge in [0.1, 0.15) is 29.8 Å². The van der Waals surface area contributed by atoms with Gasteiger partial charge in [0.05, 0.1) is 51.3 Å². The molecule has 12 nitrogen and oxygen atoms in total. The zero-order valence-corrected chi connectivity index (χ0v) is 29.9. The van der Waals surface area contributed by atoms with E-state index in [1.807, 2.05) is 72.8 Å². The van der Waals surface area contributed by atoms with Crippen molar-refractivity contribution in [3.63, 3.8) is 0 Å². The fraction of sp³-hybridized carbons (Fsp3) is 0.500. The van der Waals surface area contributed by atoms with Gasteiger partial charge in [-0.15, -0.1) is 0 Å². The zero-order chi connectivity index (χ0) is 35.9. The summed E-state index contributed by atoms with van der Waals surface area (Å²) < 4.78 is 47.5. The van der Waals surface area contributed by atoms with Crippen molar-refractivity contribution in [2.45, 2.75) is 62.3 Å². The van der Waals surface area contributed by atoms with Crippen molar-refractivity contribution in [1.82, 2.24) is 4.90 Å². The van der Waals surface area contributed by atoms with Crippen LogP contribution in [0.5, 0.6) is 11.5 Å². The van der Waals surface area contributed by atoms with Crippen molar-refractivity contribution in [2.75, 3.05) is 71.8 Å². The molecule has 4 aliphatic rings. The number of epoxide rings is 1. The van der Waals surface area contributed by atoms with Crippen LogP contribution in [0.4, 0.5) is 10.5 Å². The van der Waals surface area contributed by atoms with Gasteiger partial charge in [-0.1, -0.05) is 48.5 Å². The maximum Gasteiger partial charge on any atom is 0.410 e. The molecule has 278 valence electrons. The average Bonchev–Trinajstić information content (AvgIpc) is 3.86. The minimum atomic E-state index is -0.458. The van der Waals surface area contributed by atoms with Crippen molar-refractivity contribution in [1.29, 1.82) is 0 Å². The largest absolute Gasteiger partial charge is 0.497 e. The number of amides is 2. The lowest BCUT2D eigenvalue weighted by Crippen LogP contribution is -2.54. The van der Waals surface area contributed by atoms with Gasteiger partial charge in [0.2, 0.25) is 0 Å². The third kappa shape index (κ3) is 8.37. The number of piperidine rings is 1. The maximum atomic E-state index is 13.7. The van der Waals surface area contributed by atoms with Gasteiger partial charge in [0.15, 0.2) is 6.61 Å². The molecular formula is C40H48N2O10. The molecule has 1 unspecified atom stereocenters. The highest BCUT2D eigenvalue weighted by Gasteiger charge is 2.57. The highest BCUT2D eigenvalue weighted by atomic mass is 16.6. The van der Waals surface area contributed by atoms with Crippen LogP contribution in [-0.4, -0.2) is 108 Å². The molecule has 0 saturated carbocycles. The minimum Gasteiger partial charge on any atom is -0.497 e. The molecule has 0 aliphatic carbocycles. The molecule has 4 heterocycles. The lowest BCUT2D eigenvalue weighted by atomic mass is 9.84. The summed E-state index contributed by atoms with van der Waals surface area (Å²) in [5.41, 5.74) is 3.31. The van der Waals surface area contributed by atoms with E-state index in [1.165, 1.54) is 0 Å². The Kier molecular flexibility index (Phi) is 11.6. The number of hydrogen-bond acceptors (Lipinski definition) is 10. The molecule has 4 atom stereocenters. The van der Waals surface area contributed by atoms with Gasteiger partial charge in [0, 0.05) is 52.2 Å². The number of carbonyl (C=O) groups is 2. The van der Waals surface area contributed by atoms with E-state index in [-0.39, 0.29) is 43.4 Å². The Morgan fingerprint density at radius 1 is 0.904 bits per heavy atom. The summed E-state index contributed by atoms with van der Waals surface area (Å²) in [6, 6.07) is 23.3. The van der Waals surface area contributed by atoms with E-state index in [0.717, 1.165) is 35.3 Å². The molecule has 3 fully saturated rings. The predicted octanol–water partition coefficient (Wildman–Crippen LogP) is 5.11. The summed E-state index contributed by atoms with van der Waals surface area (Å²) >= 11 is 0. The number of hydrogen-bond donors (Lipinski definition) is 0. The van der Waals surface area contributed by atoms with E-state index in [9.17, 15) is 9.59 Å². The third-order valence-electron chi connectivity index (χ3n) is 10.4. The van der Waals surface area contributed by atoms with E-state index in [0.29, 0.717) is 63.9 Å². The summed E-state index contributed by atoms with van der Waals surface area (Å²) in [5.74, 6) is 1.08. The molecule has 2 amide bonds. The molecular weight excluding hydrogens is 668 g/mol. The first-order chi connectivity index (χ1) is 25.5. The maximum absolute atomic E-state index is 13.7. The van der Waals surface area contributed by atoms with E-state index >= 15 is 0 Å². The standard InChI is InChI=1S/C40H48N2O10/c1-45-18-6-17-42-32-21-29(9-14-33(32)50-27-37(42)43)25-48-34-22-41(39(44)51-24-28-7-4-3-5-8-28)23-35(38(34)30-10-12-31(46-2)13-11-30)49-26-36-40(52-36)15-19-47-20-16-40/h3-5,7-14,21,34-36,38H,6,15-20,22-27H2,1-2H3/t34-,35+,36?,38+/m0/s1. The number of fused-ring (bicyclic) bond motifs is 1. The number of carbonyl (C=O) groups excluding carboxylic acids is 2. The van der Waals surface area contributed by atoms with Crippen LogP contribution in [0.25, 0.3) is 0 Å². The number of rotatable bonds is 14. The molecule has 4 aliphatic heterocycles. The molecule has 52 heavy (non-hydrogen) atoms. The average molecular weight is 717 g/mol. The number of nitrogens with zero attached hydrogens (tertiary/aromatic N) is 2. The first-order valence-electron chi connectivity index (χ1n) is 18.1. The van der Waals surface area contributed by atoms with E-state index in [4.69, 9.17) is 37.9 Å². The predicted molar refractivity (Wildman–Crippen MR) is 191 cm³/mol. The molecule has 7 rings (SSSR count). The fourth-order valence-corrected chi connectivity index (χ4v) is 7.46. The van der Waals surface area contributed by atoms with Crippen molar-refractivity contribution < 1.29 is 47.5 Å². The Balaban J connectivity index is 1.13. The molecule has 0 N–H and O–H groups in total. The van der Waals surface area contributed by atoms with Crippen LogP contribution >= 0.6 is 0 Å². The van der Waals surface area contributed by atoms with Gasteiger partial charge >= 0.3 is 6.09 Å². The second-order valence-corrected chi connectivity index (χ2v) is 13.7. The first kappa shape index (κ1) is 36.2. The van der Waals surface area contributed by atoms with Crippen LogP contribution in [0, 0.1) is 0 Å². The lowest BCUT2D eigenvalue weighted by molar-refractivity contribution is -0.121. The molecule has 1 spiro atoms. The smallest absolute Gasteiger partial charge is 0.410 e. The van der Waals surface area contributed by atoms with Crippen LogP contribution in [0.2, 0.25) is 0 Å². The minimum absolute atomic E-state index is 0.000165. The third-order valence-corrected chi connectivity index (χ3v) is 10.4. The first-order valence-corrected chi connectivity index (χ1v) is 18.1. The molecule has 0 bridgehead atoms. The topological polar surface area (TPSA) is 118 Å². The van der Waals surface area contributed by atoms with Gasteiger partial charge in [-0.3, -0.25) is 4.79 Å². The van der Waals surface area contributed by atoms with Gasteiger partial charge in [-0.2, -0.15) is 0 Å². The van der Waals surface area contributed by atoms with Gasteiger partial charge in [0.25, 0.3) is 5.91 Å². The van der Waals surface area contributed by atoms with Crippen LogP contribution in [0.15, 0.2) is 72.8 Å². The van der Waals surface area contributed by atoms with Crippen molar-refractivity contribution in [3.8, 4) is 11.5 Å². The molecule has 0 aromatic heterocycles. The quantitative estimate of drug-likeness (QED) is 0.165. The summed E-state index contributed by atoms with van der Waals surface area (Å²) in [6.45, 7) is 3.84. The number of ether oxygens (including phenoxy) is 8. The summed E-state index contributed by atoms with van der Waals surface area (Å²) in [4.78, 5) is 30.0. The molecule has 12 heteroatoms. The van der Waals surface area contributed by atoms with Crippen molar-refractivity contribution >= 4 is 17.7 Å². The normalized spacial score (nSPS) is 23.5. The highest BCUT2D eigenvalue weighted by Crippen LogP contribution is 2.46. The molecule has 0 radical (unpaired) electrons. The Hall–Kier alpha value is -4.20. The summed E-state index contributed by atoms with van der Waals surface area (Å²) in [5, 5.41) is 0. The van der Waals surface area contributed by atoms with Crippen LogP contribution < -0.4 is 14.4 Å². The molecule has 3 aromatic carbocycles. The summed E-state index contributed by atoms with van der Waals surface area (Å²) in [6.07, 6.45) is 1.06. The molecule has 3 aromatic rings. The monoisotopic (exact) mass is 716 g/mol. The van der Waals surface area contributed by atoms with Gasteiger partial charge in [-0.05, 0) is 47.4 Å². The van der Waals surface area contributed by atoms with E-state index in [1.54, 1.807) is 24.0 Å². The van der Waals surface area contributed by atoms with Crippen LogP contribution in [0.1, 0.15) is 41.9 Å². The SMILES string of the molecule is COCCCN1C(=O)COc2ccc(CO[C@H]3CN(C(=O)OCc4ccccc4)C[C@@H](OCC4OC45CCOCC5)[C@@H]3c3ccc(OC)cc3)cc21. The van der Waals surface area contributed by atoms with Gasteiger partial charge < -0.3 is 47.7 Å². The van der Waals surface area contributed by atoms with Gasteiger partial charge in [-0.25, -0.2) is 4.79 Å². The van der Waals surface area contributed by atoms with Crippen molar-refractivity contribution in [3.05, 3.63) is 89.5 Å². The van der Waals surface area contributed by atoms with Crippen LogP contribution in [-0.2, 0) is 46.4 Å². The number of benzene rings is 3. The van der Waals surface area contributed by atoms with E-state index in [2.05, 4.69) is 0 Å². The Labute approximate surface area is 304 Å². The molecule has 3 saturated heterocycles. The Bertz CT molecular complexity index is 1650. The van der Waals surface area contributed by atoms with Crippen molar-refractivity contribution in [2.24, 2.45) is 0 Å². The number of methoxy groups -OCH3 is 2. The lowest BCUT2D eigenvalue weighted by Gasteiger charge is -2.43. The zero-order valence-electron chi connectivity index (χ0n) is 29.9. The number of anilines is 1. The van der Waals surface area contributed by atoms with Crippen LogP contribution in [0.3, 0.4) is 0 Å². The summed E-state index contributed by atoms with van der Waals surface area (Å²) in [7, 11) is 3.29.